The molecule has 0 bridgehead atoms. The third-order valence-corrected chi connectivity index (χ3v) is 6.76. The summed E-state index contributed by atoms with van der Waals surface area (Å²) in [4.78, 5) is 25.9. The summed E-state index contributed by atoms with van der Waals surface area (Å²) >= 11 is 2.66. The number of rotatable bonds is 10. The maximum Gasteiger partial charge on any atom is 0.341 e. The van der Waals surface area contributed by atoms with Crippen molar-refractivity contribution in [1.29, 1.82) is 0 Å². The van der Waals surface area contributed by atoms with Gasteiger partial charge in [-0.3, -0.25) is 4.79 Å². The highest BCUT2D eigenvalue weighted by atomic mass is 32.2. The topological polar surface area (TPSA) is 95.3 Å². The molecule has 10 heteroatoms. The minimum Gasteiger partial charge on any atom is -0.486 e. The van der Waals surface area contributed by atoms with E-state index in [1.54, 1.807) is 6.92 Å². The van der Waals surface area contributed by atoms with E-state index in [2.05, 4.69) is 15.5 Å². The third kappa shape index (κ3) is 5.68. The molecule has 0 aliphatic rings. The zero-order valence-electron chi connectivity index (χ0n) is 18.5. The maximum atomic E-state index is 12.6. The number of carbonyl (C=O) groups excluding carboxylic acids is 2. The minimum absolute atomic E-state index is 0.135. The first kappa shape index (κ1) is 23.8. The Balaban J connectivity index is 1.62. The summed E-state index contributed by atoms with van der Waals surface area (Å²) in [5, 5.41) is 12.4. The molecule has 0 fully saturated rings. The highest BCUT2D eigenvalue weighted by Crippen LogP contribution is 2.33. The van der Waals surface area contributed by atoms with Crippen LogP contribution in [-0.2, 0) is 22.7 Å². The summed E-state index contributed by atoms with van der Waals surface area (Å²) in [6.45, 7) is 8.72. The number of nitrogens with one attached hydrogen (secondary N) is 1. The van der Waals surface area contributed by atoms with Gasteiger partial charge >= 0.3 is 5.97 Å². The van der Waals surface area contributed by atoms with Crippen LogP contribution in [0.5, 0.6) is 5.75 Å². The summed E-state index contributed by atoms with van der Waals surface area (Å²) in [5.74, 6) is 0.926. The summed E-state index contributed by atoms with van der Waals surface area (Å²) in [7, 11) is 0. The van der Waals surface area contributed by atoms with Crippen molar-refractivity contribution in [3.05, 3.63) is 52.2 Å². The molecule has 1 amide bonds. The predicted octanol–water partition coefficient (Wildman–Crippen LogP) is 4.46. The molecule has 1 N–H and O–H groups in total. The molecule has 2 heterocycles. The number of aromatic nitrogens is 3. The number of para-hydroxylation sites is 1. The summed E-state index contributed by atoms with van der Waals surface area (Å²) in [6, 6.07) is 9.50. The quantitative estimate of drug-likeness (QED) is 0.342. The average Bonchev–Trinajstić information content (AvgIpc) is 3.31. The molecule has 3 aromatic rings. The van der Waals surface area contributed by atoms with Crippen LogP contribution in [0.1, 0.15) is 40.5 Å². The Bertz CT molecular complexity index is 1080. The molecule has 8 nitrogen and oxygen atoms in total. The van der Waals surface area contributed by atoms with E-state index in [4.69, 9.17) is 9.47 Å². The Hall–Kier alpha value is -2.85. The number of ether oxygens (including phenoxy) is 2. The van der Waals surface area contributed by atoms with Gasteiger partial charge < -0.3 is 19.4 Å². The number of thiophene rings is 1. The molecule has 0 atom stereocenters. The molecule has 170 valence electrons. The minimum atomic E-state index is -0.425. The maximum absolute atomic E-state index is 12.6. The predicted molar refractivity (Wildman–Crippen MR) is 126 cm³/mol. The Kier molecular flexibility index (Phi) is 8.29. The van der Waals surface area contributed by atoms with Crippen molar-refractivity contribution in [3.63, 3.8) is 0 Å². The molecule has 0 spiro atoms. The lowest BCUT2D eigenvalue weighted by molar-refractivity contribution is -0.113. The number of aryl methyl sites for hydroxylation is 1. The number of thioether (sulfide) groups is 1. The van der Waals surface area contributed by atoms with Crippen LogP contribution < -0.4 is 10.1 Å². The second-order valence-electron chi connectivity index (χ2n) is 6.79. The van der Waals surface area contributed by atoms with E-state index in [0.29, 0.717) is 28.1 Å². The number of hydrogen-bond acceptors (Lipinski definition) is 8. The Morgan fingerprint density at radius 2 is 1.91 bits per heavy atom. The van der Waals surface area contributed by atoms with Crippen molar-refractivity contribution in [3.8, 4) is 5.75 Å². The zero-order chi connectivity index (χ0) is 23.1. The number of nitrogens with zero attached hydrogens (tertiary/aromatic N) is 3. The van der Waals surface area contributed by atoms with Gasteiger partial charge in [-0.2, -0.15) is 0 Å². The fourth-order valence-corrected chi connectivity index (χ4v) is 4.86. The smallest absolute Gasteiger partial charge is 0.341 e. The molecular formula is C22H26N4O4S2. The molecule has 2 aromatic heterocycles. The Morgan fingerprint density at radius 3 is 2.59 bits per heavy atom. The van der Waals surface area contributed by atoms with E-state index in [1.807, 2.05) is 55.7 Å². The number of anilines is 1. The average molecular weight is 475 g/mol. The lowest BCUT2D eigenvalue weighted by Gasteiger charge is -2.09. The normalized spacial score (nSPS) is 10.8. The zero-order valence-corrected chi connectivity index (χ0v) is 20.1. The lowest BCUT2D eigenvalue weighted by Crippen LogP contribution is -2.17. The molecule has 0 unspecified atom stereocenters. The van der Waals surface area contributed by atoms with Gasteiger partial charge in [0.05, 0.1) is 17.9 Å². The summed E-state index contributed by atoms with van der Waals surface area (Å²) in [5.41, 5.74) is 1.25. The molecule has 3 rings (SSSR count). The second kappa shape index (κ2) is 11.1. The fourth-order valence-electron chi connectivity index (χ4n) is 2.97. The van der Waals surface area contributed by atoms with Gasteiger partial charge in [-0.1, -0.05) is 30.0 Å². The van der Waals surface area contributed by atoms with Crippen LogP contribution in [0, 0.1) is 13.8 Å². The van der Waals surface area contributed by atoms with E-state index in [1.165, 1.54) is 23.1 Å². The van der Waals surface area contributed by atoms with E-state index < -0.39 is 5.97 Å². The van der Waals surface area contributed by atoms with Gasteiger partial charge in [-0.15, -0.1) is 21.5 Å². The number of carbonyl (C=O) groups is 2. The van der Waals surface area contributed by atoms with Crippen molar-refractivity contribution >= 4 is 40.0 Å². The van der Waals surface area contributed by atoms with Gasteiger partial charge in [0.15, 0.2) is 11.0 Å². The summed E-state index contributed by atoms with van der Waals surface area (Å²) in [6.07, 6.45) is 0. The first-order valence-electron chi connectivity index (χ1n) is 10.2. The Morgan fingerprint density at radius 1 is 1.16 bits per heavy atom. The van der Waals surface area contributed by atoms with Crippen molar-refractivity contribution in [2.24, 2.45) is 0 Å². The first-order valence-corrected chi connectivity index (χ1v) is 12.0. The molecule has 0 aliphatic carbocycles. The SMILES string of the molecule is CCOC(=O)c1c(NC(=O)CSc2nnc(COc3ccccc3)n2CC)sc(C)c1C. The molecule has 32 heavy (non-hydrogen) atoms. The first-order chi connectivity index (χ1) is 15.4. The van der Waals surface area contributed by atoms with Crippen molar-refractivity contribution in [2.45, 2.75) is 46.0 Å². The lowest BCUT2D eigenvalue weighted by atomic mass is 10.1. The van der Waals surface area contributed by atoms with Crippen LogP contribution in [0.2, 0.25) is 0 Å². The van der Waals surface area contributed by atoms with Crippen LogP contribution in [0.3, 0.4) is 0 Å². The van der Waals surface area contributed by atoms with Crippen molar-refractivity contribution < 1.29 is 19.1 Å². The van der Waals surface area contributed by atoms with Crippen LogP contribution in [0.25, 0.3) is 0 Å². The molecule has 0 saturated carbocycles. The number of amides is 1. The standard InChI is InChI=1S/C22H26N4O4S2/c1-5-26-17(12-30-16-10-8-7-9-11-16)24-25-22(26)31-13-18(27)23-20-19(21(28)29-6-2)14(3)15(4)32-20/h7-11H,5-6,12-13H2,1-4H3,(H,23,27). The molecule has 0 radical (unpaired) electrons. The monoisotopic (exact) mass is 474 g/mol. The van der Waals surface area contributed by atoms with Gasteiger partial charge in [-0.25, -0.2) is 4.79 Å². The molecule has 0 aliphatic heterocycles. The molecule has 1 aromatic carbocycles. The molecular weight excluding hydrogens is 448 g/mol. The number of esters is 1. The van der Waals surface area contributed by atoms with Crippen LogP contribution in [-0.4, -0.2) is 39.0 Å². The van der Waals surface area contributed by atoms with E-state index in [-0.39, 0.29) is 24.9 Å². The fraction of sp³-hybridized carbons (Fsp3) is 0.364. The van der Waals surface area contributed by atoms with Gasteiger partial charge in [0, 0.05) is 11.4 Å². The van der Waals surface area contributed by atoms with E-state index in [0.717, 1.165) is 16.2 Å². The van der Waals surface area contributed by atoms with Gasteiger partial charge in [0.25, 0.3) is 0 Å². The van der Waals surface area contributed by atoms with Crippen LogP contribution in [0.4, 0.5) is 5.00 Å². The summed E-state index contributed by atoms with van der Waals surface area (Å²) < 4.78 is 12.8. The van der Waals surface area contributed by atoms with Gasteiger partial charge in [0.2, 0.25) is 5.91 Å². The largest absolute Gasteiger partial charge is 0.486 e. The van der Waals surface area contributed by atoms with E-state index in [9.17, 15) is 9.59 Å². The number of hydrogen-bond donors (Lipinski definition) is 1. The van der Waals surface area contributed by atoms with Crippen molar-refractivity contribution in [1.82, 2.24) is 14.8 Å². The highest BCUT2D eigenvalue weighted by Gasteiger charge is 2.22. The van der Waals surface area contributed by atoms with Gasteiger partial charge in [0.1, 0.15) is 17.4 Å². The van der Waals surface area contributed by atoms with Crippen LogP contribution in [0.15, 0.2) is 35.5 Å². The van der Waals surface area contributed by atoms with Crippen LogP contribution >= 0.6 is 23.1 Å². The van der Waals surface area contributed by atoms with Gasteiger partial charge in [-0.05, 0) is 45.4 Å². The number of benzene rings is 1. The molecule has 0 saturated heterocycles. The third-order valence-electron chi connectivity index (χ3n) is 4.67. The highest BCUT2D eigenvalue weighted by molar-refractivity contribution is 7.99. The van der Waals surface area contributed by atoms with Crippen molar-refractivity contribution in [2.75, 3.05) is 17.7 Å². The van der Waals surface area contributed by atoms with E-state index >= 15 is 0 Å². The Labute approximate surface area is 195 Å². The second-order valence-corrected chi connectivity index (χ2v) is 8.96.